The molecule has 156 valence electrons. The predicted octanol–water partition coefficient (Wildman–Crippen LogP) is 5.23. The van der Waals surface area contributed by atoms with Gasteiger partial charge in [-0.05, 0) is 60.2 Å². The lowest BCUT2D eigenvalue weighted by molar-refractivity contribution is 0.0946. The third kappa shape index (κ3) is 4.25. The first kappa shape index (κ1) is 19.6. The normalized spacial score (nSPS) is 14.6. The maximum Gasteiger partial charge on any atom is 0.253 e. The molecule has 1 aromatic heterocycles. The molecular weight excluding hydrogens is 382 g/mol. The molecule has 1 fully saturated rings. The zero-order valence-corrected chi connectivity index (χ0v) is 17.5. The van der Waals surface area contributed by atoms with Crippen LogP contribution in [0, 0.1) is 5.92 Å². The van der Waals surface area contributed by atoms with E-state index in [0.717, 1.165) is 60.1 Å². The van der Waals surface area contributed by atoms with Gasteiger partial charge in [-0.2, -0.15) is 0 Å². The van der Waals surface area contributed by atoms with Crippen molar-refractivity contribution in [2.45, 2.75) is 12.8 Å². The van der Waals surface area contributed by atoms with Gasteiger partial charge in [0.25, 0.3) is 5.91 Å². The summed E-state index contributed by atoms with van der Waals surface area (Å²) in [5.74, 6) is 0.575. The molecule has 4 heteroatoms. The number of amides is 1. The highest BCUT2D eigenvalue weighted by Gasteiger charge is 2.17. The van der Waals surface area contributed by atoms with Crippen LogP contribution in [0.2, 0.25) is 0 Å². The molecule has 31 heavy (non-hydrogen) atoms. The van der Waals surface area contributed by atoms with E-state index in [2.05, 4.69) is 76.3 Å². The molecule has 1 saturated heterocycles. The third-order valence-electron chi connectivity index (χ3n) is 6.26. The monoisotopic (exact) mass is 409 g/mol. The van der Waals surface area contributed by atoms with E-state index < -0.39 is 0 Å². The molecule has 2 heterocycles. The smallest absolute Gasteiger partial charge is 0.253 e. The highest BCUT2D eigenvalue weighted by molar-refractivity contribution is 6.07. The summed E-state index contributed by atoms with van der Waals surface area (Å²) >= 11 is 0. The van der Waals surface area contributed by atoms with Gasteiger partial charge in [-0.3, -0.25) is 4.79 Å². The van der Waals surface area contributed by atoms with Crippen LogP contribution in [-0.4, -0.2) is 30.5 Å². The van der Waals surface area contributed by atoms with Crippen LogP contribution < -0.4 is 10.6 Å². The number of benzene rings is 3. The molecule has 1 aliphatic rings. The number of aromatic nitrogens is 1. The van der Waals surface area contributed by atoms with E-state index in [1.165, 1.54) is 11.1 Å². The Bertz CT molecular complexity index is 1170. The van der Waals surface area contributed by atoms with Crippen LogP contribution in [0.4, 0.5) is 0 Å². The number of rotatable bonds is 5. The van der Waals surface area contributed by atoms with Crippen molar-refractivity contribution in [3.8, 4) is 22.3 Å². The Morgan fingerprint density at radius 1 is 0.839 bits per heavy atom. The zero-order valence-electron chi connectivity index (χ0n) is 17.5. The number of piperidine rings is 1. The van der Waals surface area contributed by atoms with E-state index in [0.29, 0.717) is 5.92 Å². The van der Waals surface area contributed by atoms with E-state index in [-0.39, 0.29) is 5.91 Å². The quantitative estimate of drug-likeness (QED) is 0.423. The predicted molar refractivity (Wildman–Crippen MR) is 127 cm³/mol. The SMILES string of the molecule is O=C(NCC1CCNCC1)c1c[nH]c2cc(-c3ccc(-c4ccccc4)cc3)ccc12. The van der Waals surface area contributed by atoms with E-state index >= 15 is 0 Å². The van der Waals surface area contributed by atoms with Crippen molar-refractivity contribution < 1.29 is 4.79 Å². The lowest BCUT2D eigenvalue weighted by atomic mass is 9.98. The summed E-state index contributed by atoms with van der Waals surface area (Å²) in [5, 5.41) is 7.46. The van der Waals surface area contributed by atoms with Crippen molar-refractivity contribution in [1.29, 1.82) is 0 Å². The molecule has 5 rings (SSSR count). The molecular formula is C27H27N3O. The summed E-state index contributed by atoms with van der Waals surface area (Å²) < 4.78 is 0. The number of nitrogens with one attached hydrogen (secondary N) is 3. The Kier molecular flexibility index (Phi) is 5.55. The van der Waals surface area contributed by atoms with Gasteiger partial charge in [0.1, 0.15) is 0 Å². The van der Waals surface area contributed by atoms with Crippen molar-refractivity contribution in [2.24, 2.45) is 5.92 Å². The highest BCUT2D eigenvalue weighted by atomic mass is 16.1. The first-order valence-corrected chi connectivity index (χ1v) is 11.0. The fraction of sp³-hybridized carbons (Fsp3) is 0.222. The van der Waals surface area contributed by atoms with Crippen molar-refractivity contribution in [3.63, 3.8) is 0 Å². The lowest BCUT2D eigenvalue weighted by Gasteiger charge is -2.22. The number of hydrogen-bond acceptors (Lipinski definition) is 2. The summed E-state index contributed by atoms with van der Waals surface area (Å²) in [7, 11) is 0. The highest BCUT2D eigenvalue weighted by Crippen LogP contribution is 2.28. The molecule has 0 atom stereocenters. The Morgan fingerprint density at radius 2 is 1.48 bits per heavy atom. The molecule has 3 N–H and O–H groups in total. The van der Waals surface area contributed by atoms with E-state index in [9.17, 15) is 4.79 Å². The topological polar surface area (TPSA) is 56.9 Å². The van der Waals surface area contributed by atoms with Gasteiger partial charge >= 0.3 is 0 Å². The fourth-order valence-corrected chi connectivity index (χ4v) is 4.40. The number of H-pyrrole nitrogens is 1. The second kappa shape index (κ2) is 8.78. The van der Waals surface area contributed by atoms with Gasteiger partial charge in [0.15, 0.2) is 0 Å². The Balaban J connectivity index is 1.32. The molecule has 0 bridgehead atoms. The molecule has 0 radical (unpaired) electrons. The number of hydrogen-bond donors (Lipinski definition) is 3. The Morgan fingerprint density at radius 3 is 2.23 bits per heavy atom. The number of fused-ring (bicyclic) bond motifs is 1. The maximum atomic E-state index is 12.7. The van der Waals surface area contributed by atoms with Gasteiger partial charge in [-0.1, -0.05) is 66.7 Å². The van der Waals surface area contributed by atoms with Gasteiger partial charge in [-0.15, -0.1) is 0 Å². The van der Waals surface area contributed by atoms with Crippen molar-refractivity contribution in [1.82, 2.24) is 15.6 Å². The molecule has 0 saturated carbocycles. The summed E-state index contributed by atoms with van der Waals surface area (Å²) in [6, 6.07) is 25.3. The average Bonchev–Trinajstić information content (AvgIpc) is 3.27. The van der Waals surface area contributed by atoms with Crippen LogP contribution in [0.3, 0.4) is 0 Å². The first-order valence-electron chi connectivity index (χ1n) is 11.0. The van der Waals surface area contributed by atoms with E-state index in [1.807, 2.05) is 18.3 Å². The molecule has 1 amide bonds. The van der Waals surface area contributed by atoms with Crippen LogP contribution >= 0.6 is 0 Å². The van der Waals surface area contributed by atoms with Crippen molar-refractivity contribution >= 4 is 16.8 Å². The standard InChI is InChI=1S/C27H27N3O/c31-27(30-17-19-12-14-28-15-13-19)25-18-29-26-16-23(10-11-24(25)26)22-8-6-21(7-9-22)20-4-2-1-3-5-20/h1-11,16,18-19,28-29H,12-15,17H2,(H,30,31). The molecule has 1 aliphatic heterocycles. The van der Waals surface area contributed by atoms with Gasteiger partial charge in [-0.25, -0.2) is 0 Å². The Hall–Kier alpha value is -3.37. The van der Waals surface area contributed by atoms with Crippen molar-refractivity contribution in [2.75, 3.05) is 19.6 Å². The molecule has 0 spiro atoms. The minimum absolute atomic E-state index is 0.00440. The zero-order chi connectivity index (χ0) is 21.0. The van der Waals surface area contributed by atoms with Gasteiger partial charge < -0.3 is 15.6 Å². The molecule has 3 aromatic carbocycles. The van der Waals surface area contributed by atoms with Crippen LogP contribution in [-0.2, 0) is 0 Å². The van der Waals surface area contributed by atoms with Crippen molar-refractivity contribution in [3.05, 3.63) is 84.6 Å². The second-order valence-corrected chi connectivity index (χ2v) is 8.31. The maximum absolute atomic E-state index is 12.7. The molecule has 0 aliphatic carbocycles. The fourth-order valence-electron chi connectivity index (χ4n) is 4.40. The summed E-state index contributed by atoms with van der Waals surface area (Å²) in [6.07, 6.45) is 4.08. The van der Waals surface area contributed by atoms with Gasteiger partial charge in [0.05, 0.1) is 5.56 Å². The number of carbonyl (C=O) groups is 1. The van der Waals surface area contributed by atoms with Gasteiger partial charge in [0, 0.05) is 23.6 Å². The molecule has 0 unspecified atom stereocenters. The number of carbonyl (C=O) groups excluding carboxylic acids is 1. The largest absolute Gasteiger partial charge is 0.360 e. The van der Waals surface area contributed by atoms with Crippen LogP contribution in [0.15, 0.2) is 79.0 Å². The molecule has 4 aromatic rings. The summed E-state index contributed by atoms with van der Waals surface area (Å²) in [5.41, 5.74) is 6.42. The number of aromatic amines is 1. The van der Waals surface area contributed by atoms with Gasteiger partial charge in [0.2, 0.25) is 0 Å². The summed E-state index contributed by atoms with van der Waals surface area (Å²) in [6.45, 7) is 2.84. The minimum Gasteiger partial charge on any atom is -0.360 e. The second-order valence-electron chi connectivity index (χ2n) is 8.31. The van der Waals surface area contributed by atoms with Crippen LogP contribution in [0.1, 0.15) is 23.2 Å². The summed E-state index contributed by atoms with van der Waals surface area (Å²) in [4.78, 5) is 16.0. The lowest BCUT2D eigenvalue weighted by Crippen LogP contribution is -2.35. The molecule has 4 nitrogen and oxygen atoms in total. The minimum atomic E-state index is 0.00440. The third-order valence-corrected chi connectivity index (χ3v) is 6.26. The van der Waals surface area contributed by atoms with Crippen LogP contribution in [0.5, 0.6) is 0 Å². The Labute approximate surface area is 182 Å². The first-order chi connectivity index (χ1) is 15.3. The van der Waals surface area contributed by atoms with E-state index in [4.69, 9.17) is 0 Å². The average molecular weight is 410 g/mol. The van der Waals surface area contributed by atoms with E-state index in [1.54, 1.807) is 0 Å². The van der Waals surface area contributed by atoms with Crippen LogP contribution in [0.25, 0.3) is 33.2 Å².